The van der Waals surface area contributed by atoms with Crippen LogP contribution < -0.4 is 0 Å². The second-order valence-electron chi connectivity index (χ2n) is 6.78. The zero-order chi connectivity index (χ0) is 14.6. The van der Waals surface area contributed by atoms with Gasteiger partial charge in [-0.25, -0.2) is 9.59 Å². The fraction of sp³-hybridized carbons (Fsp3) is 0.846. The Morgan fingerprint density at radius 2 is 1.84 bits per heavy atom. The molecule has 1 aliphatic carbocycles. The summed E-state index contributed by atoms with van der Waals surface area (Å²) in [4.78, 5) is 24.7. The van der Waals surface area contributed by atoms with Gasteiger partial charge in [0, 0.05) is 5.41 Å². The van der Waals surface area contributed by atoms with Gasteiger partial charge >= 0.3 is 12.1 Å². The molecule has 108 valence electrons. The monoisotopic (exact) mass is 271 g/mol. The number of carbonyl (C=O) groups is 2. The Labute approximate surface area is 112 Å². The van der Waals surface area contributed by atoms with E-state index in [9.17, 15) is 19.8 Å². The number of hydrogen-bond acceptors (Lipinski definition) is 4. The highest BCUT2D eigenvalue weighted by atomic mass is 16.6. The summed E-state index contributed by atoms with van der Waals surface area (Å²) in [6.07, 6.45) is 0.566. The molecule has 1 heterocycles. The molecule has 19 heavy (non-hydrogen) atoms. The quantitative estimate of drug-likeness (QED) is 0.748. The fourth-order valence-corrected chi connectivity index (χ4v) is 2.98. The second kappa shape index (κ2) is 3.85. The van der Waals surface area contributed by atoms with Crippen molar-refractivity contribution in [1.82, 2.24) is 4.90 Å². The number of aliphatic hydroxyl groups is 1. The molecule has 0 aromatic heterocycles. The maximum atomic E-state index is 12.1. The van der Waals surface area contributed by atoms with Gasteiger partial charge in [-0.3, -0.25) is 4.90 Å². The zero-order valence-electron chi connectivity index (χ0n) is 11.8. The topological polar surface area (TPSA) is 87.1 Å². The largest absolute Gasteiger partial charge is 0.480 e. The van der Waals surface area contributed by atoms with Crippen LogP contribution in [0.1, 0.15) is 40.5 Å². The van der Waals surface area contributed by atoms with E-state index >= 15 is 0 Å². The molecule has 2 atom stereocenters. The molecule has 6 nitrogen and oxygen atoms in total. The maximum absolute atomic E-state index is 12.1. The molecular formula is C13H21NO5. The van der Waals surface area contributed by atoms with Gasteiger partial charge in [0.15, 0.2) is 0 Å². The van der Waals surface area contributed by atoms with Gasteiger partial charge in [-0.15, -0.1) is 0 Å². The van der Waals surface area contributed by atoms with Crippen LogP contribution in [0.4, 0.5) is 4.79 Å². The van der Waals surface area contributed by atoms with Crippen LogP contribution in [0.2, 0.25) is 0 Å². The third-order valence-corrected chi connectivity index (χ3v) is 4.04. The highest BCUT2D eigenvalue weighted by Crippen LogP contribution is 2.62. The molecule has 1 saturated heterocycles. The predicted octanol–water partition coefficient (Wildman–Crippen LogP) is 1.22. The first-order valence-electron chi connectivity index (χ1n) is 6.45. The molecule has 0 aromatic rings. The molecule has 0 aromatic carbocycles. The number of nitrogens with zero attached hydrogens (tertiary/aromatic N) is 1. The molecule has 1 amide bonds. The first-order chi connectivity index (χ1) is 8.50. The molecule has 0 bridgehead atoms. The Morgan fingerprint density at radius 3 is 2.21 bits per heavy atom. The van der Waals surface area contributed by atoms with Crippen molar-refractivity contribution in [3.63, 3.8) is 0 Å². The van der Waals surface area contributed by atoms with Gasteiger partial charge in [-0.05, 0) is 40.5 Å². The lowest BCUT2D eigenvalue weighted by molar-refractivity contribution is -0.144. The zero-order valence-corrected chi connectivity index (χ0v) is 11.8. The van der Waals surface area contributed by atoms with Gasteiger partial charge in [0.05, 0.1) is 12.1 Å². The van der Waals surface area contributed by atoms with Crippen molar-refractivity contribution in [3.05, 3.63) is 0 Å². The molecule has 0 radical (unpaired) electrons. The summed E-state index contributed by atoms with van der Waals surface area (Å²) in [6, 6.07) is -1.00. The third-order valence-electron chi connectivity index (χ3n) is 4.04. The van der Waals surface area contributed by atoms with E-state index in [1.165, 1.54) is 0 Å². The summed E-state index contributed by atoms with van der Waals surface area (Å²) in [5.41, 5.74) is -2.58. The van der Waals surface area contributed by atoms with E-state index in [0.29, 0.717) is 12.8 Å². The molecule has 1 spiro atoms. The molecule has 2 aliphatic rings. The van der Waals surface area contributed by atoms with Crippen molar-refractivity contribution in [2.45, 2.75) is 57.8 Å². The van der Waals surface area contributed by atoms with Crippen LogP contribution in [0, 0.1) is 5.41 Å². The molecule has 2 fully saturated rings. The van der Waals surface area contributed by atoms with E-state index in [1.807, 2.05) is 0 Å². The number of carbonyl (C=O) groups excluding carboxylic acids is 1. The predicted molar refractivity (Wildman–Crippen MR) is 66.7 cm³/mol. The standard InChI is InChI=1S/C13H21NO5/c1-11(2,3)19-10(17)14-7-12(4,18)13(5-6-13)8(14)9(15)16/h8,18H,5-7H2,1-4H3,(H,15,16)/t8-,12+/m1/s1. The van der Waals surface area contributed by atoms with Gasteiger partial charge in [-0.1, -0.05) is 0 Å². The Bertz CT molecular complexity index is 419. The summed E-state index contributed by atoms with van der Waals surface area (Å²) >= 11 is 0. The van der Waals surface area contributed by atoms with E-state index in [1.54, 1.807) is 27.7 Å². The minimum Gasteiger partial charge on any atom is -0.480 e. The van der Waals surface area contributed by atoms with Crippen molar-refractivity contribution in [1.29, 1.82) is 0 Å². The number of hydrogen-bond donors (Lipinski definition) is 2. The van der Waals surface area contributed by atoms with Crippen LogP contribution in [0.5, 0.6) is 0 Å². The number of carboxylic acid groups (broad SMARTS) is 1. The van der Waals surface area contributed by atoms with E-state index in [2.05, 4.69) is 0 Å². The van der Waals surface area contributed by atoms with E-state index in [0.717, 1.165) is 4.90 Å². The lowest BCUT2D eigenvalue weighted by atomic mass is 9.84. The first-order valence-corrected chi connectivity index (χ1v) is 6.45. The van der Waals surface area contributed by atoms with Crippen LogP contribution in [-0.2, 0) is 9.53 Å². The molecule has 2 rings (SSSR count). The summed E-state index contributed by atoms with van der Waals surface area (Å²) in [5.74, 6) is -1.08. The van der Waals surface area contributed by atoms with Crippen molar-refractivity contribution in [2.24, 2.45) is 5.41 Å². The second-order valence-corrected chi connectivity index (χ2v) is 6.78. The van der Waals surface area contributed by atoms with Crippen molar-refractivity contribution in [3.8, 4) is 0 Å². The van der Waals surface area contributed by atoms with E-state index in [4.69, 9.17) is 4.74 Å². The van der Waals surface area contributed by atoms with Gasteiger partial charge in [-0.2, -0.15) is 0 Å². The highest BCUT2D eigenvalue weighted by Gasteiger charge is 2.71. The van der Waals surface area contributed by atoms with Gasteiger partial charge in [0.2, 0.25) is 0 Å². The molecule has 6 heteroatoms. The Balaban J connectivity index is 2.26. The summed E-state index contributed by atoms with van der Waals surface area (Å²) in [5, 5.41) is 19.8. The summed E-state index contributed by atoms with van der Waals surface area (Å²) in [7, 11) is 0. The third kappa shape index (κ3) is 2.18. The SMILES string of the molecule is CC(C)(C)OC(=O)N1C[C@](C)(O)C2(CC2)[C@H]1C(=O)O. The Hall–Kier alpha value is -1.30. The molecule has 1 aliphatic heterocycles. The van der Waals surface area contributed by atoms with Crippen LogP contribution in [-0.4, -0.2) is 51.0 Å². The van der Waals surface area contributed by atoms with Gasteiger partial charge < -0.3 is 14.9 Å². The summed E-state index contributed by atoms with van der Waals surface area (Å²) < 4.78 is 5.23. The van der Waals surface area contributed by atoms with Crippen molar-refractivity contribution >= 4 is 12.1 Å². The van der Waals surface area contributed by atoms with Gasteiger partial charge in [0.25, 0.3) is 0 Å². The lowest BCUT2D eigenvalue weighted by Gasteiger charge is -2.28. The number of amides is 1. The maximum Gasteiger partial charge on any atom is 0.411 e. The Morgan fingerprint density at radius 1 is 1.32 bits per heavy atom. The fourth-order valence-electron chi connectivity index (χ4n) is 2.98. The van der Waals surface area contributed by atoms with Gasteiger partial charge in [0.1, 0.15) is 11.6 Å². The molecule has 0 unspecified atom stereocenters. The number of aliphatic carboxylic acids is 1. The van der Waals surface area contributed by atoms with Crippen LogP contribution in [0.15, 0.2) is 0 Å². The van der Waals surface area contributed by atoms with E-state index in [-0.39, 0.29) is 6.54 Å². The number of likely N-dealkylation sites (tertiary alicyclic amines) is 1. The lowest BCUT2D eigenvalue weighted by Crippen LogP contribution is -2.46. The average Bonchev–Trinajstić information content (AvgIpc) is 2.89. The molecule has 2 N–H and O–H groups in total. The van der Waals surface area contributed by atoms with Crippen LogP contribution >= 0.6 is 0 Å². The Kier molecular flexibility index (Phi) is 2.86. The van der Waals surface area contributed by atoms with Crippen LogP contribution in [0.3, 0.4) is 0 Å². The van der Waals surface area contributed by atoms with E-state index < -0.39 is 34.7 Å². The van der Waals surface area contributed by atoms with Crippen LogP contribution in [0.25, 0.3) is 0 Å². The number of β-amino-alcohol motifs (C(OH)–C–C–N with tert-alkyl or cyclic N) is 1. The van der Waals surface area contributed by atoms with Crippen molar-refractivity contribution in [2.75, 3.05) is 6.54 Å². The minimum absolute atomic E-state index is 0.00111. The molecule has 1 saturated carbocycles. The smallest absolute Gasteiger partial charge is 0.411 e. The number of rotatable bonds is 1. The number of carboxylic acids is 1. The molecular weight excluding hydrogens is 250 g/mol. The highest BCUT2D eigenvalue weighted by molar-refractivity contribution is 5.83. The average molecular weight is 271 g/mol. The normalized spacial score (nSPS) is 32.5. The summed E-state index contributed by atoms with van der Waals surface area (Å²) in [6.45, 7) is 6.77. The van der Waals surface area contributed by atoms with Crippen molar-refractivity contribution < 1.29 is 24.5 Å². The number of ether oxygens (including phenoxy) is 1. The first kappa shape index (κ1) is 14.1. The minimum atomic E-state index is -1.17.